The van der Waals surface area contributed by atoms with Crippen molar-refractivity contribution >= 4 is 11.8 Å². The van der Waals surface area contributed by atoms with Crippen LogP contribution in [-0.4, -0.2) is 19.7 Å². The van der Waals surface area contributed by atoms with Crippen molar-refractivity contribution in [2.45, 2.75) is 10.9 Å². The van der Waals surface area contributed by atoms with Crippen molar-refractivity contribution in [2.75, 3.05) is 0 Å². The number of rotatable bonds is 5. The molecule has 4 aromatic rings. The molecule has 0 bridgehead atoms. The lowest BCUT2D eigenvalue weighted by Crippen LogP contribution is -1.99. The van der Waals surface area contributed by atoms with Crippen LogP contribution in [0, 0.1) is 0 Å². The van der Waals surface area contributed by atoms with Crippen LogP contribution in [0.4, 0.5) is 0 Å². The first-order valence-electron chi connectivity index (χ1n) is 8.01. The highest BCUT2D eigenvalue weighted by atomic mass is 32.2. The average molecular weight is 344 g/mol. The molecule has 0 fully saturated rings. The van der Waals surface area contributed by atoms with Gasteiger partial charge in [0.15, 0.2) is 11.0 Å². The summed E-state index contributed by atoms with van der Waals surface area (Å²) in [5, 5.41) is 9.74. The Morgan fingerprint density at radius 3 is 2.20 bits per heavy atom. The molecule has 0 amide bonds. The summed E-state index contributed by atoms with van der Waals surface area (Å²) in [6, 6.07) is 26.3. The van der Waals surface area contributed by atoms with Crippen molar-refractivity contribution < 1.29 is 0 Å². The maximum atomic E-state index is 4.45. The average Bonchev–Trinajstić information content (AvgIpc) is 3.12. The lowest BCUT2D eigenvalue weighted by Gasteiger charge is -2.10. The predicted octanol–water partition coefficient (Wildman–Crippen LogP) is 4.62. The van der Waals surface area contributed by atoms with Gasteiger partial charge in [0.2, 0.25) is 0 Å². The van der Waals surface area contributed by atoms with E-state index in [1.165, 1.54) is 0 Å². The molecule has 4 nitrogen and oxygen atoms in total. The molecule has 5 heteroatoms. The molecule has 0 radical (unpaired) electrons. The first kappa shape index (κ1) is 15.6. The minimum absolute atomic E-state index is 0.751. The highest BCUT2D eigenvalue weighted by Gasteiger charge is 2.16. The highest BCUT2D eigenvalue weighted by Crippen LogP contribution is 2.29. The molecule has 2 heterocycles. The third kappa shape index (κ3) is 3.46. The van der Waals surface area contributed by atoms with Crippen LogP contribution in [0.2, 0.25) is 0 Å². The predicted molar refractivity (Wildman–Crippen MR) is 101 cm³/mol. The van der Waals surface area contributed by atoms with Crippen LogP contribution < -0.4 is 0 Å². The van der Waals surface area contributed by atoms with Gasteiger partial charge in [0.05, 0.1) is 5.69 Å². The van der Waals surface area contributed by atoms with Gasteiger partial charge >= 0.3 is 0 Å². The van der Waals surface area contributed by atoms with Crippen LogP contribution in [0.1, 0.15) is 5.69 Å². The molecular weight excluding hydrogens is 328 g/mol. The molecule has 0 aliphatic carbocycles. The fourth-order valence-corrected chi connectivity index (χ4v) is 3.44. The van der Waals surface area contributed by atoms with Crippen LogP contribution in [0.25, 0.3) is 17.1 Å². The number of nitrogens with zero attached hydrogens (tertiary/aromatic N) is 4. The molecule has 0 aliphatic rings. The van der Waals surface area contributed by atoms with E-state index in [1.54, 1.807) is 11.8 Å². The van der Waals surface area contributed by atoms with E-state index in [0.29, 0.717) is 0 Å². The fraction of sp³-hybridized carbons (Fsp3) is 0.0500. The maximum Gasteiger partial charge on any atom is 0.196 e. The van der Waals surface area contributed by atoms with Crippen LogP contribution in [0.3, 0.4) is 0 Å². The van der Waals surface area contributed by atoms with E-state index in [4.69, 9.17) is 0 Å². The Bertz CT molecular complexity index is 937. The third-order valence-corrected chi connectivity index (χ3v) is 4.72. The SMILES string of the molecule is c1ccc(-c2nnc(SCc3ccccn3)n2-c2ccccc2)cc1. The van der Waals surface area contributed by atoms with Gasteiger partial charge in [-0.2, -0.15) is 0 Å². The van der Waals surface area contributed by atoms with Crippen molar-refractivity contribution in [1.29, 1.82) is 0 Å². The van der Waals surface area contributed by atoms with E-state index in [2.05, 4.69) is 44.0 Å². The van der Waals surface area contributed by atoms with E-state index in [-0.39, 0.29) is 0 Å². The van der Waals surface area contributed by atoms with Gasteiger partial charge in [-0.15, -0.1) is 10.2 Å². The normalized spacial score (nSPS) is 10.7. The van der Waals surface area contributed by atoms with Crippen LogP contribution in [0.15, 0.2) is 90.2 Å². The molecule has 122 valence electrons. The van der Waals surface area contributed by atoms with E-state index < -0.39 is 0 Å². The summed E-state index contributed by atoms with van der Waals surface area (Å²) >= 11 is 1.64. The van der Waals surface area contributed by atoms with Crippen LogP contribution in [-0.2, 0) is 5.75 Å². The fourth-order valence-electron chi connectivity index (χ4n) is 2.57. The van der Waals surface area contributed by atoms with Gasteiger partial charge in [0, 0.05) is 23.2 Å². The van der Waals surface area contributed by atoms with E-state index >= 15 is 0 Å². The third-order valence-electron chi connectivity index (χ3n) is 3.76. The lowest BCUT2D eigenvalue weighted by atomic mass is 10.2. The molecule has 0 N–H and O–H groups in total. The van der Waals surface area contributed by atoms with Crippen molar-refractivity contribution in [2.24, 2.45) is 0 Å². The molecule has 25 heavy (non-hydrogen) atoms. The molecule has 2 aromatic carbocycles. The zero-order valence-electron chi connectivity index (χ0n) is 13.5. The Hall–Kier alpha value is -2.92. The summed E-state index contributed by atoms with van der Waals surface area (Å²) in [4.78, 5) is 4.38. The lowest BCUT2D eigenvalue weighted by molar-refractivity contribution is 0.885. The van der Waals surface area contributed by atoms with Gasteiger partial charge in [-0.05, 0) is 24.3 Å². The zero-order valence-corrected chi connectivity index (χ0v) is 14.3. The second-order valence-electron chi connectivity index (χ2n) is 5.45. The van der Waals surface area contributed by atoms with Gasteiger partial charge in [0.1, 0.15) is 0 Å². The number of aromatic nitrogens is 4. The molecule has 0 aliphatic heterocycles. The number of pyridine rings is 1. The van der Waals surface area contributed by atoms with E-state index in [0.717, 1.165) is 33.7 Å². The zero-order chi connectivity index (χ0) is 16.9. The highest BCUT2D eigenvalue weighted by molar-refractivity contribution is 7.98. The Morgan fingerprint density at radius 2 is 1.48 bits per heavy atom. The Morgan fingerprint density at radius 1 is 0.760 bits per heavy atom. The maximum absolute atomic E-state index is 4.45. The van der Waals surface area contributed by atoms with Crippen molar-refractivity contribution in [3.05, 3.63) is 90.8 Å². The molecule has 0 atom stereocenters. The molecule has 0 spiro atoms. The van der Waals surface area contributed by atoms with Gasteiger partial charge in [-0.3, -0.25) is 9.55 Å². The smallest absolute Gasteiger partial charge is 0.196 e. The largest absolute Gasteiger partial charge is 0.270 e. The van der Waals surface area contributed by atoms with Crippen molar-refractivity contribution in [1.82, 2.24) is 19.7 Å². The number of hydrogen-bond acceptors (Lipinski definition) is 4. The second kappa shape index (κ2) is 7.32. The summed E-state index contributed by atoms with van der Waals surface area (Å²) in [7, 11) is 0. The number of thioether (sulfide) groups is 1. The van der Waals surface area contributed by atoms with Crippen LogP contribution >= 0.6 is 11.8 Å². The topological polar surface area (TPSA) is 43.6 Å². The van der Waals surface area contributed by atoms with Gasteiger partial charge in [-0.25, -0.2) is 0 Å². The summed E-state index contributed by atoms with van der Waals surface area (Å²) < 4.78 is 2.10. The second-order valence-corrected chi connectivity index (χ2v) is 6.40. The van der Waals surface area contributed by atoms with E-state index in [1.807, 2.05) is 60.8 Å². The number of benzene rings is 2. The first-order valence-corrected chi connectivity index (χ1v) is 8.99. The number of hydrogen-bond donors (Lipinski definition) is 0. The first-order chi connectivity index (χ1) is 12.4. The van der Waals surface area contributed by atoms with Gasteiger partial charge in [-0.1, -0.05) is 66.4 Å². The summed E-state index contributed by atoms with van der Waals surface area (Å²) in [5.74, 6) is 1.59. The Balaban J connectivity index is 1.73. The summed E-state index contributed by atoms with van der Waals surface area (Å²) in [5.41, 5.74) is 3.12. The van der Waals surface area contributed by atoms with Gasteiger partial charge in [0.25, 0.3) is 0 Å². The minimum atomic E-state index is 0.751. The van der Waals surface area contributed by atoms with Crippen molar-refractivity contribution in [3.8, 4) is 17.1 Å². The summed E-state index contributed by atoms with van der Waals surface area (Å²) in [6.45, 7) is 0. The quantitative estimate of drug-likeness (QED) is 0.495. The molecular formula is C20H16N4S. The molecule has 4 rings (SSSR count). The number of para-hydroxylation sites is 1. The Kier molecular flexibility index (Phi) is 4.57. The summed E-state index contributed by atoms with van der Waals surface area (Å²) in [6.07, 6.45) is 1.81. The van der Waals surface area contributed by atoms with Crippen LogP contribution in [0.5, 0.6) is 0 Å². The molecule has 0 unspecified atom stereocenters. The minimum Gasteiger partial charge on any atom is -0.270 e. The van der Waals surface area contributed by atoms with Gasteiger partial charge < -0.3 is 0 Å². The van der Waals surface area contributed by atoms with E-state index in [9.17, 15) is 0 Å². The molecule has 0 saturated heterocycles. The molecule has 2 aromatic heterocycles. The van der Waals surface area contributed by atoms with Crippen molar-refractivity contribution in [3.63, 3.8) is 0 Å². The molecule has 0 saturated carbocycles. The standard InChI is InChI=1S/C20H16N4S/c1-3-9-16(10-4-1)19-22-23-20(24(19)18-12-5-2-6-13-18)25-15-17-11-7-8-14-21-17/h1-14H,15H2. The Labute approximate surface area is 150 Å². The monoisotopic (exact) mass is 344 g/mol.